The standard InChI is InChI=1S/C21H18F4N4O2/c22-12-3-4-18(14(23)7-12)31-13-6-11-9-27-16(8-15(11)28-10-13)19(20(24)25)29-5-1-2-17(29)21(26)30/h3-4,6-10,17,19-20H,1-2,5H2,(H2,26,30)/t17-,19?/m0/s1. The Hall–Kier alpha value is -3.27. The lowest BCUT2D eigenvalue weighted by Crippen LogP contribution is -2.44. The Morgan fingerprint density at radius 2 is 1.97 bits per heavy atom. The lowest BCUT2D eigenvalue weighted by Gasteiger charge is -2.30. The van der Waals surface area contributed by atoms with Crippen LogP contribution in [0.2, 0.25) is 0 Å². The molecule has 31 heavy (non-hydrogen) atoms. The minimum Gasteiger partial charge on any atom is -0.453 e. The lowest BCUT2D eigenvalue weighted by molar-refractivity contribution is -0.124. The molecule has 3 heterocycles. The number of likely N-dealkylation sites (tertiary alicyclic amines) is 1. The van der Waals surface area contributed by atoms with Crippen molar-refractivity contribution in [2.45, 2.75) is 31.4 Å². The highest BCUT2D eigenvalue weighted by Crippen LogP contribution is 2.34. The van der Waals surface area contributed by atoms with E-state index >= 15 is 0 Å². The SMILES string of the molecule is NC(=O)[C@@H]1CCCN1C(c1cc2ncc(Oc3ccc(F)cc3F)cc2cn1)C(F)F. The Balaban J connectivity index is 1.63. The third kappa shape index (κ3) is 4.29. The Morgan fingerprint density at radius 1 is 1.16 bits per heavy atom. The highest BCUT2D eigenvalue weighted by Gasteiger charge is 2.40. The summed E-state index contributed by atoms with van der Waals surface area (Å²) in [6.07, 6.45) is 0.882. The van der Waals surface area contributed by atoms with E-state index in [4.69, 9.17) is 10.5 Å². The van der Waals surface area contributed by atoms with Gasteiger partial charge in [0.2, 0.25) is 5.91 Å². The molecule has 1 saturated heterocycles. The number of amides is 1. The summed E-state index contributed by atoms with van der Waals surface area (Å²) in [5.74, 6) is -2.26. The molecule has 0 radical (unpaired) electrons. The van der Waals surface area contributed by atoms with Crippen LogP contribution in [0.25, 0.3) is 10.9 Å². The van der Waals surface area contributed by atoms with Crippen LogP contribution >= 0.6 is 0 Å². The fourth-order valence-corrected chi connectivity index (χ4v) is 3.79. The molecule has 6 nitrogen and oxygen atoms in total. The first-order valence-corrected chi connectivity index (χ1v) is 9.55. The van der Waals surface area contributed by atoms with Gasteiger partial charge in [0.15, 0.2) is 11.6 Å². The van der Waals surface area contributed by atoms with E-state index in [0.29, 0.717) is 36.4 Å². The maximum atomic E-state index is 13.9. The molecule has 1 aromatic carbocycles. The van der Waals surface area contributed by atoms with Gasteiger partial charge < -0.3 is 10.5 Å². The quantitative estimate of drug-likeness (QED) is 0.594. The van der Waals surface area contributed by atoms with Crippen LogP contribution in [0.4, 0.5) is 17.6 Å². The molecule has 4 rings (SSSR count). The third-order valence-electron chi connectivity index (χ3n) is 5.21. The van der Waals surface area contributed by atoms with E-state index in [1.165, 1.54) is 29.4 Å². The molecule has 1 aliphatic rings. The molecule has 1 unspecified atom stereocenters. The Morgan fingerprint density at radius 3 is 2.68 bits per heavy atom. The number of carbonyl (C=O) groups is 1. The summed E-state index contributed by atoms with van der Waals surface area (Å²) in [6.45, 7) is 0.311. The molecule has 2 aromatic heterocycles. The number of hydrogen-bond donors (Lipinski definition) is 1. The van der Waals surface area contributed by atoms with Crippen molar-refractivity contribution >= 4 is 16.8 Å². The number of fused-ring (bicyclic) bond motifs is 1. The average Bonchev–Trinajstić information content (AvgIpc) is 3.19. The molecule has 3 aromatic rings. The van der Waals surface area contributed by atoms with E-state index in [9.17, 15) is 22.4 Å². The number of halogens is 4. The normalized spacial score (nSPS) is 17.9. The summed E-state index contributed by atoms with van der Waals surface area (Å²) >= 11 is 0. The van der Waals surface area contributed by atoms with Crippen molar-refractivity contribution in [2.75, 3.05) is 6.54 Å². The molecule has 0 saturated carbocycles. The fourth-order valence-electron chi connectivity index (χ4n) is 3.79. The van der Waals surface area contributed by atoms with Gasteiger partial charge in [-0.3, -0.25) is 19.7 Å². The maximum absolute atomic E-state index is 13.9. The molecule has 2 N–H and O–H groups in total. The predicted molar refractivity (Wildman–Crippen MR) is 104 cm³/mol. The number of aromatic nitrogens is 2. The van der Waals surface area contributed by atoms with Gasteiger partial charge in [-0.15, -0.1) is 0 Å². The Bertz CT molecular complexity index is 1130. The number of rotatable bonds is 6. The van der Waals surface area contributed by atoms with Crippen molar-refractivity contribution in [1.82, 2.24) is 14.9 Å². The molecular formula is C21H18F4N4O2. The molecule has 1 fully saturated rings. The molecule has 162 valence electrons. The fraction of sp³-hybridized carbons (Fsp3) is 0.286. The van der Waals surface area contributed by atoms with E-state index in [1.807, 2.05) is 0 Å². The topological polar surface area (TPSA) is 81.3 Å². The molecule has 10 heteroatoms. The van der Waals surface area contributed by atoms with Crippen LogP contribution in [0.1, 0.15) is 24.6 Å². The van der Waals surface area contributed by atoms with Gasteiger partial charge in [-0.05, 0) is 43.7 Å². The third-order valence-corrected chi connectivity index (χ3v) is 5.21. The highest BCUT2D eigenvalue weighted by atomic mass is 19.3. The van der Waals surface area contributed by atoms with Crippen LogP contribution in [0.5, 0.6) is 11.5 Å². The number of carbonyl (C=O) groups excluding carboxylic acids is 1. The number of hydrogen-bond acceptors (Lipinski definition) is 5. The van der Waals surface area contributed by atoms with Crippen LogP contribution in [0.15, 0.2) is 42.7 Å². The first-order valence-electron chi connectivity index (χ1n) is 9.55. The maximum Gasteiger partial charge on any atom is 0.259 e. The van der Waals surface area contributed by atoms with Crippen molar-refractivity contribution in [2.24, 2.45) is 5.73 Å². The van der Waals surface area contributed by atoms with Gasteiger partial charge in [0, 0.05) is 17.6 Å². The molecule has 1 aliphatic heterocycles. The molecule has 0 bridgehead atoms. The van der Waals surface area contributed by atoms with Gasteiger partial charge in [-0.1, -0.05) is 0 Å². The first kappa shape index (κ1) is 21.0. The van der Waals surface area contributed by atoms with Crippen molar-refractivity contribution < 1.29 is 27.1 Å². The minimum absolute atomic E-state index is 0.0707. The van der Waals surface area contributed by atoms with Gasteiger partial charge in [-0.2, -0.15) is 0 Å². The zero-order valence-electron chi connectivity index (χ0n) is 16.1. The number of nitrogens with zero attached hydrogens (tertiary/aromatic N) is 3. The van der Waals surface area contributed by atoms with Crippen LogP contribution < -0.4 is 10.5 Å². The summed E-state index contributed by atoms with van der Waals surface area (Å²) in [5, 5.41) is 0.477. The Kier molecular flexibility index (Phi) is 5.73. The second-order valence-corrected chi connectivity index (χ2v) is 7.23. The number of ether oxygens (including phenoxy) is 1. The molecule has 0 aliphatic carbocycles. The predicted octanol–water partition coefficient (Wildman–Crippen LogP) is 3.96. The molecular weight excluding hydrogens is 416 g/mol. The van der Waals surface area contributed by atoms with E-state index in [2.05, 4.69) is 9.97 Å². The van der Waals surface area contributed by atoms with Gasteiger partial charge in [-0.25, -0.2) is 17.6 Å². The average molecular weight is 434 g/mol. The van der Waals surface area contributed by atoms with Gasteiger partial charge >= 0.3 is 0 Å². The number of nitrogens with two attached hydrogens (primary N) is 1. The summed E-state index contributed by atoms with van der Waals surface area (Å²) in [6, 6.07) is 3.67. The van der Waals surface area contributed by atoms with Crippen molar-refractivity contribution in [3.05, 3.63) is 60.1 Å². The number of primary amides is 1. The first-order chi connectivity index (χ1) is 14.8. The van der Waals surface area contributed by atoms with Gasteiger partial charge in [0.05, 0.1) is 23.4 Å². The Labute approximate surface area is 174 Å². The second-order valence-electron chi connectivity index (χ2n) is 7.23. The molecule has 2 atom stereocenters. The highest BCUT2D eigenvalue weighted by molar-refractivity contribution is 5.81. The van der Waals surface area contributed by atoms with E-state index in [-0.39, 0.29) is 17.2 Å². The van der Waals surface area contributed by atoms with E-state index in [0.717, 1.165) is 12.1 Å². The van der Waals surface area contributed by atoms with Crippen LogP contribution in [0, 0.1) is 11.6 Å². The summed E-state index contributed by atoms with van der Waals surface area (Å²) < 4.78 is 60.1. The van der Waals surface area contributed by atoms with Crippen LogP contribution in [-0.4, -0.2) is 39.8 Å². The summed E-state index contributed by atoms with van der Waals surface area (Å²) in [5.41, 5.74) is 5.82. The largest absolute Gasteiger partial charge is 0.453 e. The van der Waals surface area contributed by atoms with E-state index < -0.39 is 36.1 Å². The number of pyridine rings is 2. The summed E-state index contributed by atoms with van der Waals surface area (Å²) in [4.78, 5) is 21.4. The van der Waals surface area contributed by atoms with E-state index in [1.54, 1.807) is 0 Å². The second kappa shape index (κ2) is 8.46. The van der Waals surface area contributed by atoms with Gasteiger partial charge in [0.1, 0.15) is 17.6 Å². The van der Waals surface area contributed by atoms with Crippen molar-refractivity contribution in [3.63, 3.8) is 0 Å². The van der Waals surface area contributed by atoms with Crippen molar-refractivity contribution in [3.8, 4) is 11.5 Å². The molecule has 0 spiro atoms. The monoisotopic (exact) mass is 434 g/mol. The lowest BCUT2D eigenvalue weighted by atomic mass is 10.1. The van der Waals surface area contributed by atoms with Crippen LogP contribution in [0.3, 0.4) is 0 Å². The molecule has 1 amide bonds. The van der Waals surface area contributed by atoms with Gasteiger partial charge in [0.25, 0.3) is 6.43 Å². The summed E-state index contributed by atoms with van der Waals surface area (Å²) in [7, 11) is 0. The van der Waals surface area contributed by atoms with Crippen LogP contribution in [-0.2, 0) is 4.79 Å². The zero-order valence-corrected chi connectivity index (χ0v) is 16.1. The zero-order chi connectivity index (χ0) is 22.1. The van der Waals surface area contributed by atoms with Crippen molar-refractivity contribution in [1.29, 1.82) is 0 Å². The smallest absolute Gasteiger partial charge is 0.259 e. The number of benzene rings is 1. The number of alkyl halides is 2. The minimum atomic E-state index is -2.78.